The van der Waals surface area contributed by atoms with E-state index in [1.54, 1.807) is 11.4 Å². The zero-order valence-corrected chi connectivity index (χ0v) is 16.6. The Morgan fingerprint density at radius 3 is 2.44 bits per heavy atom. The lowest BCUT2D eigenvalue weighted by Crippen LogP contribution is -2.11. The molecule has 0 atom stereocenters. The number of anilines is 1. The summed E-state index contributed by atoms with van der Waals surface area (Å²) in [4.78, 5) is 16.7. The third-order valence-electron chi connectivity index (χ3n) is 3.20. The molecule has 0 aliphatic rings. The molecule has 3 rings (SSSR count). The summed E-state index contributed by atoms with van der Waals surface area (Å²) in [7, 11) is -3.30. The minimum Gasteiger partial charge on any atom is -0.298 e. The van der Waals surface area contributed by atoms with Gasteiger partial charge in [-0.2, -0.15) is 0 Å². The largest absolute Gasteiger partial charge is 0.298 e. The van der Waals surface area contributed by atoms with Crippen molar-refractivity contribution in [3.05, 3.63) is 49.9 Å². The minimum atomic E-state index is -3.30. The van der Waals surface area contributed by atoms with E-state index < -0.39 is 9.84 Å². The van der Waals surface area contributed by atoms with Crippen molar-refractivity contribution in [1.29, 1.82) is 0 Å². The monoisotopic (exact) mass is 432 g/mol. The summed E-state index contributed by atoms with van der Waals surface area (Å²) in [5, 5.41) is 4.86. The molecule has 0 spiro atoms. The van der Waals surface area contributed by atoms with Gasteiger partial charge in [-0.15, -0.1) is 22.7 Å². The number of nitrogens with zero attached hydrogens (tertiary/aromatic N) is 1. The maximum Gasteiger partial charge on any atom is 0.257 e. The van der Waals surface area contributed by atoms with Crippen LogP contribution in [0.25, 0.3) is 11.3 Å². The summed E-state index contributed by atoms with van der Waals surface area (Å²) >= 11 is 14.5. The number of benzene rings is 1. The molecule has 0 radical (unpaired) electrons. The number of halogens is 2. The molecule has 1 amide bonds. The number of carbonyl (C=O) groups is 1. The molecule has 2 aromatic heterocycles. The second-order valence-corrected chi connectivity index (χ2v) is 10.2. The first kappa shape index (κ1) is 18.3. The molecular weight excluding hydrogens is 423 g/mol. The van der Waals surface area contributed by atoms with Crippen LogP contribution >= 0.6 is 45.9 Å². The Bertz CT molecular complexity index is 1040. The molecule has 0 fully saturated rings. The Morgan fingerprint density at radius 1 is 1.20 bits per heavy atom. The highest BCUT2D eigenvalue weighted by Crippen LogP contribution is 2.39. The van der Waals surface area contributed by atoms with Gasteiger partial charge in [0.25, 0.3) is 5.91 Å². The third-order valence-corrected chi connectivity index (χ3v) is 6.58. The quantitative estimate of drug-likeness (QED) is 0.639. The van der Waals surface area contributed by atoms with Crippen LogP contribution in [0, 0.1) is 0 Å². The van der Waals surface area contributed by atoms with Gasteiger partial charge < -0.3 is 0 Å². The molecule has 0 saturated heterocycles. The fraction of sp³-hybridized carbons (Fsp3) is 0.0667. The van der Waals surface area contributed by atoms with Crippen LogP contribution in [0.4, 0.5) is 5.13 Å². The van der Waals surface area contributed by atoms with E-state index in [9.17, 15) is 13.2 Å². The van der Waals surface area contributed by atoms with Gasteiger partial charge in [-0.05, 0) is 30.3 Å². The van der Waals surface area contributed by atoms with E-state index in [1.165, 1.54) is 46.9 Å². The molecule has 130 valence electrons. The summed E-state index contributed by atoms with van der Waals surface area (Å²) < 4.78 is 24.0. The highest BCUT2D eigenvalue weighted by Gasteiger charge is 2.14. The molecule has 0 saturated carbocycles. The van der Waals surface area contributed by atoms with Gasteiger partial charge in [-0.25, -0.2) is 13.4 Å². The number of aromatic nitrogens is 1. The Balaban J connectivity index is 1.77. The first-order chi connectivity index (χ1) is 11.7. The predicted octanol–water partition coefficient (Wildman–Crippen LogP) is 4.83. The zero-order valence-electron chi connectivity index (χ0n) is 12.6. The van der Waals surface area contributed by atoms with Crippen molar-refractivity contribution >= 4 is 66.8 Å². The fourth-order valence-electron chi connectivity index (χ4n) is 1.99. The smallest absolute Gasteiger partial charge is 0.257 e. The van der Waals surface area contributed by atoms with Gasteiger partial charge in [-0.3, -0.25) is 10.1 Å². The van der Waals surface area contributed by atoms with Crippen molar-refractivity contribution in [3.63, 3.8) is 0 Å². The molecule has 3 aromatic rings. The molecule has 1 aromatic carbocycles. The Morgan fingerprint density at radius 2 is 1.88 bits per heavy atom. The lowest BCUT2D eigenvalue weighted by Gasteiger charge is -2.03. The lowest BCUT2D eigenvalue weighted by molar-refractivity contribution is 0.102. The van der Waals surface area contributed by atoms with Crippen molar-refractivity contribution in [2.24, 2.45) is 0 Å². The summed E-state index contributed by atoms with van der Waals surface area (Å²) in [6.07, 6.45) is 1.11. The van der Waals surface area contributed by atoms with Gasteiger partial charge in [0.2, 0.25) is 0 Å². The molecular formula is C15H10Cl2N2O3S3. The van der Waals surface area contributed by atoms with Gasteiger partial charge in [-0.1, -0.05) is 23.2 Å². The Kier molecular flexibility index (Phi) is 5.17. The molecule has 5 nitrogen and oxygen atoms in total. The highest BCUT2D eigenvalue weighted by molar-refractivity contribution is 7.90. The van der Waals surface area contributed by atoms with Crippen LogP contribution in [-0.2, 0) is 9.84 Å². The molecule has 2 heterocycles. The van der Waals surface area contributed by atoms with Gasteiger partial charge >= 0.3 is 0 Å². The number of thiazole rings is 1. The lowest BCUT2D eigenvalue weighted by atomic mass is 10.2. The fourth-order valence-corrected chi connectivity index (χ4v) is 4.81. The van der Waals surface area contributed by atoms with Crippen molar-refractivity contribution in [2.75, 3.05) is 11.6 Å². The molecule has 0 aliphatic carbocycles. The number of rotatable bonds is 4. The molecule has 0 aliphatic heterocycles. The van der Waals surface area contributed by atoms with Crippen molar-refractivity contribution in [3.8, 4) is 11.3 Å². The average molecular weight is 433 g/mol. The number of hydrogen-bond donors (Lipinski definition) is 1. The van der Waals surface area contributed by atoms with Gasteiger partial charge in [0, 0.05) is 22.8 Å². The molecule has 25 heavy (non-hydrogen) atoms. The highest BCUT2D eigenvalue weighted by atomic mass is 35.5. The van der Waals surface area contributed by atoms with Crippen LogP contribution in [0.3, 0.4) is 0 Å². The number of nitrogens with one attached hydrogen (secondary N) is 1. The van der Waals surface area contributed by atoms with E-state index in [4.69, 9.17) is 23.2 Å². The summed E-state index contributed by atoms with van der Waals surface area (Å²) in [5.74, 6) is -0.379. The molecule has 1 N–H and O–H groups in total. The van der Waals surface area contributed by atoms with Crippen LogP contribution < -0.4 is 5.32 Å². The number of sulfone groups is 1. The normalized spacial score (nSPS) is 11.5. The maximum absolute atomic E-state index is 12.3. The first-order valence-electron chi connectivity index (χ1n) is 6.76. The van der Waals surface area contributed by atoms with E-state index in [0.29, 0.717) is 30.6 Å². The second kappa shape index (κ2) is 7.05. The van der Waals surface area contributed by atoms with Crippen molar-refractivity contribution in [1.82, 2.24) is 4.98 Å². The zero-order chi connectivity index (χ0) is 18.2. The molecule has 0 bridgehead atoms. The van der Waals surface area contributed by atoms with Gasteiger partial charge in [0.05, 0.1) is 14.9 Å². The SMILES string of the molecule is CS(=O)(=O)c1ccc(C(=O)Nc2nc(-c3cc(Cl)sc3Cl)cs2)cc1. The number of carbonyl (C=O) groups excluding carboxylic acids is 1. The number of hydrogen-bond acceptors (Lipinski definition) is 6. The van der Waals surface area contributed by atoms with Crippen LogP contribution in [0.5, 0.6) is 0 Å². The molecule has 0 unspecified atom stereocenters. The van der Waals surface area contributed by atoms with Crippen molar-refractivity contribution in [2.45, 2.75) is 4.90 Å². The van der Waals surface area contributed by atoms with E-state index >= 15 is 0 Å². The summed E-state index contributed by atoms with van der Waals surface area (Å²) in [5.41, 5.74) is 1.67. The molecule has 10 heteroatoms. The van der Waals surface area contributed by atoms with Gasteiger partial charge in [0.15, 0.2) is 15.0 Å². The van der Waals surface area contributed by atoms with Crippen LogP contribution in [0.2, 0.25) is 8.67 Å². The van der Waals surface area contributed by atoms with Crippen molar-refractivity contribution < 1.29 is 13.2 Å². The Labute approximate surface area is 162 Å². The maximum atomic E-state index is 12.3. The van der Waals surface area contributed by atoms with E-state index in [0.717, 1.165) is 6.26 Å². The topological polar surface area (TPSA) is 76.1 Å². The van der Waals surface area contributed by atoms with Crippen LogP contribution in [0.15, 0.2) is 40.6 Å². The van der Waals surface area contributed by atoms with Crippen LogP contribution in [-0.4, -0.2) is 25.6 Å². The average Bonchev–Trinajstić information content (AvgIpc) is 3.12. The van der Waals surface area contributed by atoms with E-state index in [2.05, 4.69) is 10.3 Å². The predicted molar refractivity (Wildman–Crippen MR) is 103 cm³/mol. The standard InChI is InChI=1S/C15H10Cl2N2O3S3/c1-25(21,22)9-4-2-8(3-5-9)14(20)19-15-18-11(7-23-15)10-6-12(16)24-13(10)17/h2-7H,1H3,(H,18,19,20). The van der Waals surface area contributed by atoms with E-state index in [1.807, 2.05) is 0 Å². The first-order valence-corrected chi connectivity index (χ1v) is 11.1. The minimum absolute atomic E-state index is 0.157. The second-order valence-electron chi connectivity index (χ2n) is 5.03. The van der Waals surface area contributed by atoms with Crippen LogP contribution in [0.1, 0.15) is 10.4 Å². The van der Waals surface area contributed by atoms with E-state index in [-0.39, 0.29) is 10.8 Å². The summed E-state index contributed by atoms with van der Waals surface area (Å²) in [6.45, 7) is 0. The number of thiophene rings is 1. The third kappa shape index (κ3) is 4.21. The summed E-state index contributed by atoms with van der Waals surface area (Å²) in [6, 6.07) is 7.42. The Hall–Kier alpha value is -1.45. The van der Waals surface area contributed by atoms with Gasteiger partial charge in [0.1, 0.15) is 4.34 Å². The number of amides is 1.